The monoisotopic (exact) mass is 617 g/mol. The van der Waals surface area contributed by atoms with Gasteiger partial charge in [0.05, 0.1) is 16.2 Å². The molecule has 0 aromatic heterocycles. The van der Waals surface area contributed by atoms with E-state index in [0.29, 0.717) is 42.0 Å². The fourth-order valence-corrected chi connectivity index (χ4v) is 6.80. The molecule has 1 aliphatic carbocycles. The molecule has 2 fully saturated rings. The van der Waals surface area contributed by atoms with Crippen molar-refractivity contribution in [1.29, 1.82) is 0 Å². The van der Waals surface area contributed by atoms with E-state index in [9.17, 15) is 18.3 Å². The summed E-state index contributed by atoms with van der Waals surface area (Å²) >= 11 is 18.2. The van der Waals surface area contributed by atoms with Crippen LogP contribution in [0.5, 0.6) is 0 Å². The highest BCUT2D eigenvalue weighted by Crippen LogP contribution is 2.47. The van der Waals surface area contributed by atoms with E-state index in [4.69, 9.17) is 34.8 Å². The van der Waals surface area contributed by atoms with Gasteiger partial charge >= 0.3 is 6.18 Å². The van der Waals surface area contributed by atoms with Crippen LogP contribution in [0.3, 0.4) is 0 Å². The van der Waals surface area contributed by atoms with Gasteiger partial charge in [0.1, 0.15) is 0 Å². The molecule has 0 radical (unpaired) electrons. The SMILES string of the molecule is Cl.OC1(c2ccc(Cl)c(C(F)(F)F)c2)CCN(C2CCC(c3ccc(Cl)cc3)(c3ccc(Cl)cc3)CC2)CC1. The van der Waals surface area contributed by atoms with Crippen molar-refractivity contribution >= 4 is 47.2 Å². The van der Waals surface area contributed by atoms with E-state index in [1.54, 1.807) is 0 Å². The number of rotatable bonds is 4. The van der Waals surface area contributed by atoms with Crippen molar-refractivity contribution in [2.24, 2.45) is 0 Å². The Morgan fingerprint density at radius 2 is 1.18 bits per heavy atom. The third-order valence-corrected chi connectivity index (χ3v) is 9.39. The summed E-state index contributed by atoms with van der Waals surface area (Å²) in [5, 5.41) is 12.4. The van der Waals surface area contributed by atoms with Crippen LogP contribution in [0.25, 0.3) is 0 Å². The van der Waals surface area contributed by atoms with Gasteiger partial charge < -0.3 is 10.0 Å². The summed E-state index contributed by atoms with van der Waals surface area (Å²) in [7, 11) is 0. The lowest BCUT2D eigenvalue weighted by molar-refractivity contribution is -0.137. The molecule has 1 N–H and O–H groups in total. The van der Waals surface area contributed by atoms with Crippen LogP contribution < -0.4 is 0 Å². The average Bonchev–Trinajstić information content (AvgIpc) is 2.90. The van der Waals surface area contributed by atoms with Gasteiger partial charge in [-0.1, -0.05) is 65.1 Å². The summed E-state index contributed by atoms with van der Waals surface area (Å²) in [5.74, 6) is 0. The lowest BCUT2D eigenvalue weighted by Gasteiger charge is -2.47. The molecule has 5 rings (SSSR count). The van der Waals surface area contributed by atoms with Gasteiger partial charge in [-0.15, -0.1) is 12.4 Å². The topological polar surface area (TPSA) is 23.5 Å². The Kier molecular flexibility index (Phi) is 9.22. The van der Waals surface area contributed by atoms with E-state index < -0.39 is 17.3 Å². The van der Waals surface area contributed by atoms with E-state index in [1.807, 2.05) is 24.3 Å². The molecule has 3 aromatic rings. The number of piperidine rings is 1. The Morgan fingerprint density at radius 3 is 1.64 bits per heavy atom. The fourth-order valence-electron chi connectivity index (χ4n) is 6.32. The van der Waals surface area contributed by atoms with Crippen molar-refractivity contribution < 1.29 is 18.3 Å². The van der Waals surface area contributed by atoms with Crippen molar-refractivity contribution in [2.45, 2.75) is 61.8 Å². The number of aliphatic hydroxyl groups is 1. The lowest BCUT2D eigenvalue weighted by atomic mass is 9.64. The molecule has 0 unspecified atom stereocenters. The standard InChI is InChI=1S/C30H29Cl3F3NO.ClH/c31-23-6-1-20(2-7-23)28(21-3-8-24(32)9-4-21)13-11-25(12-14-28)37-17-15-29(38,16-18-37)22-5-10-27(33)26(19-22)30(34,35)36;/h1-10,19,25,38H,11-18H2;1H. The Balaban J connectivity index is 0.00000353. The Hall–Kier alpha value is -1.47. The summed E-state index contributed by atoms with van der Waals surface area (Å²) in [6.45, 7) is 1.25. The third kappa shape index (κ3) is 6.24. The van der Waals surface area contributed by atoms with Crippen molar-refractivity contribution in [3.8, 4) is 0 Å². The van der Waals surface area contributed by atoms with Gasteiger partial charge in [0.25, 0.3) is 0 Å². The van der Waals surface area contributed by atoms with Gasteiger partial charge in [0.15, 0.2) is 0 Å². The number of nitrogens with zero attached hydrogens (tertiary/aromatic N) is 1. The molecule has 1 aliphatic heterocycles. The molecular weight excluding hydrogens is 589 g/mol. The molecule has 1 saturated heterocycles. The molecule has 0 atom stereocenters. The van der Waals surface area contributed by atoms with Crippen LogP contribution in [0.15, 0.2) is 66.7 Å². The zero-order valence-electron chi connectivity index (χ0n) is 21.2. The van der Waals surface area contributed by atoms with E-state index in [-0.39, 0.29) is 28.4 Å². The van der Waals surface area contributed by atoms with E-state index >= 15 is 0 Å². The molecule has 39 heavy (non-hydrogen) atoms. The molecule has 2 aliphatic rings. The first kappa shape index (κ1) is 30.5. The number of likely N-dealkylation sites (tertiary alicyclic amines) is 1. The summed E-state index contributed by atoms with van der Waals surface area (Å²) < 4.78 is 40.2. The first-order valence-electron chi connectivity index (χ1n) is 12.9. The molecule has 9 heteroatoms. The maximum absolute atomic E-state index is 13.4. The van der Waals surface area contributed by atoms with Crippen LogP contribution in [-0.4, -0.2) is 29.1 Å². The minimum atomic E-state index is -4.56. The van der Waals surface area contributed by atoms with Crippen molar-refractivity contribution in [1.82, 2.24) is 4.90 Å². The molecule has 210 valence electrons. The number of hydrogen-bond acceptors (Lipinski definition) is 2. The highest BCUT2D eigenvalue weighted by molar-refractivity contribution is 6.31. The predicted molar refractivity (Wildman–Crippen MR) is 154 cm³/mol. The third-order valence-electron chi connectivity index (χ3n) is 8.55. The molecule has 1 heterocycles. The van der Waals surface area contributed by atoms with Crippen LogP contribution in [0.2, 0.25) is 15.1 Å². The minimum Gasteiger partial charge on any atom is -0.385 e. The second-order valence-corrected chi connectivity index (χ2v) is 11.9. The molecule has 2 nitrogen and oxygen atoms in total. The maximum atomic E-state index is 13.4. The summed E-state index contributed by atoms with van der Waals surface area (Å²) in [6, 6.07) is 20.3. The number of benzene rings is 3. The largest absolute Gasteiger partial charge is 0.417 e. The molecular formula is C30H30Cl4F3NO. The molecule has 0 bridgehead atoms. The summed E-state index contributed by atoms with van der Waals surface area (Å²) in [4.78, 5) is 2.39. The van der Waals surface area contributed by atoms with Crippen LogP contribution >= 0.6 is 47.2 Å². The van der Waals surface area contributed by atoms with Crippen LogP contribution in [-0.2, 0) is 17.2 Å². The second kappa shape index (κ2) is 11.8. The second-order valence-electron chi connectivity index (χ2n) is 10.6. The van der Waals surface area contributed by atoms with Crippen molar-refractivity contribution in [3.63, 3.8) is 0 Å². The van der Waals surface area contributed by atoms with Gasteiger partial charge in [0.2, 0.25) is 0 Å². The fraction of sp³-hybridized carbons (Fsp3) is 0.400. The highest BCUT2D eigenvalue weighted by Gasteiger charge is 2.43. The van der Waals surface area contributed by atoms with Crippen molar-refractivity contribution in [2.75, 3.05) is 13.1 Å². The number of hydrogen-bond donors (Lipinski definition) is 1. The molecule has 1 saturated carbocycles. The normalized spacial score (nSPS) is 19.9. The molecule has 3 aromatic carbocycles. The van der Waals surface area contributed by atoms with E-state index in [2.05, 4.69) is 29.2 Å². The van der Waals surface area contributed by atoms with Crippen molar-refractivity contribution in [3.05, 3.63) is 104 Å². The van der Waals surface area contributed by atoms with Gasteiger partial charge in [-0.3, -0.25) is 0 Å². The van der Waals surface area contributed by atoms with Crippen LogP contribution in [0.1, 0.15) is 60.8 Å². The quantitative estimate of drug-likeness (QED) is 0.315. The number of halogens is 7. The highest BCUT2D eigenvalue weighted by atomic mass is 35.5. The zero-order chi connectivity index (χ0) is 27.1. The molecule has 0 amide bonds. The van der Waals surface area contributed by atoms with Gasteiger partial charge in [-0.2, -0.15) is 13.2 Å². The first-order valence-corrected chi connectivity index (χ1v) is 14.0. The van der Waals surface area contributed by atoms with E-state index in [1.165, 1.54) is 23.3 Å². The Morgan fingerprint density at radius 1 is 0.718 bits per heavy atom. The average molecular weight is 619 g/mol. The van der Waals surface area contributed by atoms with Gasteiger partial charge in [-0.05, 0) is 91.6 Å². The lowest BCUT2D eigenvalue weighted by Crippen LogP contribution is -2.49. The molecule has 0 spiro atoms. The first-order chi connectivity index (χ1) is 18.0. The van der Waals surface area contributed by atoms with E-state index in [0.717, 1.165) is 31.7 Å². The van der Waals surface area contributed by atoms with Crippen LogP contribution in [0.4, 0.5) is 13.2 Å². The minimum absolute atomic E-state index is 0. The summed E-state index contributed by atoms with van der Waals surface area (Å²) in [6.07, 6.45) is 0.0458. The Labute approximate surface area is 248 Å². The van der Waals surface area contributed by atoms with Gasteiger partial charge in [0, 0.05) is 34.6 Å². The zero-order valence-corrected chi connectivity index (χ0v) is 24.2. The maximum Gasteiger partial charge on any atom is 0.417 e. The summed E-state index contributed by atoms with van der Waals surface area (Å²) in [5.41, 5.74) is 0.409. The van der Waals surface area contributed by atoms with Gasteiger partial charge in [-0.25, -0.2) is 0 Å². The smallest absolute Gasteiger partial charge is 0.385 e. The van der Waals surface area contributed by atoms with Crippen LogP contribution in [0, 0.1) is 0 Å². The Bertz CT molecular complexity index is 1220. The predicted octanol–water partition coefficient (Wildman–Crippen LogP) is 9.30. The number of alkyl halides is 3.